The van der Waals surface area contributed by atoms with E-state index >= 15 is 0 Å². The van der Waals surface area contributed by atoms with Crippen LogP contribution in [-0.2, 0) is 9.59 Å². The summed E-state index contributed by atoms with van der Waals surface area (Å²) in [6, 6.07) is 9.31. The van der Waals surface area contributed by atoms with Gasteiger partial charge >= 0.3 is 0 Å². The van der Waals surface area contributed by atoms with Gasteiger partial charge in [0.25, 0.3) is 5.91 Å². The van der Waals surface area contributed by atoms with Crippen molar-refractivity contribution in [1.82, 2.24) is 10.2 Å². The van der Waals surface area contributed by atoms with E-state index in [9.17, 15) is 18.8 Å². The van der Waals surface area contributed by atoms with E-state index in [1.807, 2.05) is 0 Å². The number of rotatable bonds is 8. The normalized spacial score (nSPS) is 13.2. The van der Waals surface area contributed by atoms with Crippen molar-refractivity contribution in [3.8, 4) is 11.5 Å². The minimum atomic E-state index is -0.843. The van der Waals surface area contributed by atoms with Crippen LogP contribution in [-0.4, -0.2) is 55.0 Å². The van der Waals surface area contributed by atoms with Gasteiger partial charge in [0.2, 0.25) is 11.8 Å². The van der Waals surface area contributed by atoms with Gasteiger partial charge in [-0.3, -0.25) is 14.4 Å². The van der Waals surface area contributed by atoms with Crippen LogP contribution in [0.15, 0.2) is 42.5 Å². The highest BCUT2D eigenvalue weighted by molar-refractivity contribution is 5.99. The molecule has 33 heavy (non-hydrogen) atoms. The lowest BCUT2D eigenvalue weighted by Crippen LogP contribution is -2.52. The predicted octanol–water partition coefficient (Wildman–Crippen LogP) is 2.84. The molecule has 1 atom stereocenters. The van der Waals surface area contributed by atoms with Crippen LogP contribution in [0.2, 0.25) is 0 Å². The molecule has 0 aromatic heterocycles. The topological polar surface area (TPSA) is 97.0 Å². The summed E-state index contributed by atoms with van der Waals surface area (Å²) in [6.07, 6.45) is 0. The van der Waals surface area contributed by atoms with E-state index in [0.717, 1.165) is 0 Å². The van der Waals surface area contributed by atoms with Gasteiger partial charge in [0, 0.05) is 23.9 Å². The molecular weight excluding hydrogens is 429 g/mol. The second kappa shape index (κ2) is 10.8. The molecular formula is C24H28FN3O5. The second-order valence-corrected chi connectivity index (χ2v) is 7.96. The maximum Gasteiger partial charge on any atom is 0.251 e. The van der Waals surface area contributed by atoms with Gasteiger partial charge in [0.15, 0.2) is 11.5 Å². The number of fused-ring (bicyclic) bond motifs is 1. The average Bonchev–Trinajstić information content (AvgIpc) is 2.80. The Hall–Kier alpha value is -3.62. The highest BCUT2D eigenvalue weighted by Crippen LogP contribution is 2.32. The summed E-state index contributed by atoms with van der Waals surface area (Å²) >= 11 is 0. The number of halogens is 1. The van der Waals surface area contributed by atoms with Gasteiger partial charge in [-0.1, -0.05) is 13.8 Å². The predicted molar refractivity (Wildman–Crippen MR) is 121 cm³/mol. The highest BCUT2D eigenvalue weighted by atomic mass is 19.1. The largest absolute Gasteiger partial charge is 0.486 e. The molecule has 1 heterocycles. The van der Waals surface area contributed by atoms with E-state index < -0.39 is 17.8 Å². The summed E-state index contributed by atoms with van der Waals surface area (Å²) in [5.41, 5.74) is 0.770. The Labute approximate surface area is 192 Å². The molecule has 3 amide bonds. The summed E-state index contributed by atoms with van der Waals surface area (Å²) in [5, 5.41) is 5.47. The fraction of sp³-hybridized carbons (Fsp3) is 0.375. The van der Waals surface area contributed by atoms with E-state index in [4.69, 9.17) is 9.47 Å². The maximum atomic E-state index is 13.2. The SMILES string of the molecule is CCN(CC(=O)Nc1ccc2c(c1)OCCO2)C(=O)C(NC(=O)c1ccc(F)cc1)C(C)C. The Morgan fingerprint density at radius 1 is 1.03 bits per heavy atom. The Morgan fingerprint density at radius 3 is 2.33 bits per heavy atom. The molecule has 2 aromatic carbocycles. The maximum absolute atomic E-state index is 13.2. The molecule has 8 nitrogen and oxygen atoms in total. The van der Waals surface area contributed by atoms with Crippen LogP contribution < -0.4 is 20.1 Å². The van der Waals surface area contributed by atoms with Crippen molar-refractivity contribution in [1.29, 1.82) is 0 Å². The lowest BCUT2D eigenvalue weighted by molar-refractivity contribution is -0.137. The van der Waals surface area contributed by atoms with Gasteiger partial charge in [-0.25, -0.2) is 4.39 Å². The Morgan fingerprint density at radius 2 is 1.70 bits per heavy atom. The fourth-order valence-electron chi connectivity index (χ4n) is 3.38. The Kier molecular flexibility index (Phi) is 7.87. The standard InChI is InChI=1S/C24H28FN3O5/c1-4-28(14-21(29)26-18-9-10-19-20(13-18)33-12-11-32-19)24(31)22(15(2)3)27-23(30)16-5-7-17(25)8-6-16/h5-10,13,15,22H,4,11-12,14H2,1-3H3,(H,26,29)(H,27,30). The summed E-state index contributed by atoms with van der Waals surface area (Å²) in [6.45, 7) is 6.37. The molecule has 3 rings (SSSR count). The molecule has 0 saturated heterocycles. The second-order valence-electron chi connectivity index (χ2n) is 7.96. The quantitative estimate of drug-likeness (QED) is 0.636. The molecule has 2 aromatic rings. The van der Waals surface area contributed by atoms with Gasteiger partial charge in [-0.15, -0.1) is 0 Å². The molecule has 176 valence electrons. The number of carbonyl (C=O) groups excluding carboxylic acids is 3. The van der Waals surface area contributed by atoms with Crippen LogP contribution >= 0.6 is 0 Å². The number of likely N-dealkylation sites (N-methyl/N-ethyl adjacent to an activating group) is 1. The monoisotopic (exact) mass is 457 g/mol. The van der Waals surface area contributed by atoms with Gasteiger partial charge in [-0.2, -0.15) is 0 Å². The van der Waals surface area contributed by atoms with Crippen LogP contribution in [0.5, 0.6) is 11.5 Å². The molecule has 0 saturated carbocycles. The third-order valence-corrected chi connectivity index (χ3v) is 5.18. The van der Waals surface area contributed by atoms with Crippen LogP contribution in [0.25, 0.3) is 0 Å². The van der Waals surface area contributed by atoms with Crippen LogP contribution in [0.1, 0.15) is 31.1 Å². The number of amides is 3. The third-order valence-electron chi connectivity index (χ3n) is 5.18. The molecule has 1 unspecified atom stereocenters. The van der Waals surface area contributed by atoms with Gasteiger partial charge in [0.1, 0.15) is 25.1 Å². The van der Waals surface area contributed by atoms with E-state index in [1.165, 1.54) is 29.2 Å². The number of ether oxygens (including phenoxy) is 2. The van der Waals surface area contributed by atoms with Crippen LogP contribution in [0, 0.1) is 11.7 Å². The van der Waals surface area contributed by atoms with Crippen LogP contribution in [0.4, 0.5) is 10.1 Å². The molecule has 0 bridgehead atoms. The lowest BCUT2D eigenvalue weighted by Gasteiger charge is -2.28. The number of hydrogen-bond acceptors (Lipinski definition) is 5. The van der Waals surface area contributed by atoms with Crippen molar-refractivity contribution >= 4 is 23.4 Å². The van der Waals surface area contributed by atoms with Gasteiger partial charge in [-0.05, 0) is 49.2 Å². The first-order valence-electron chi connectivity index (χ1n) is 10.8. The van der Waals surface area contributed by atoms with Crippen molar-refractivity contribution in [2.24, 2.45) is 5.92 Å². The molecule has 0 spiro atoms. The third kappa shape index (κ3) is 6.21. The summed E-state index contributed by atoms with van der Waals surface area (Å²) in [4.78, 5) is 39.7. The summed E-state index contributed by atoms with van der Waals surface area (Å²) in [7, 11) is 0. The zero-order valence-corrected chi connectivity index (χ0v) is 18.9. The first kappa shape index (κ1) is 24.0. The minimum Gasteiger partial charge on any atom is -0.486 e. The highest BCUT2D eigenvalue weighted by Gasteiger charge is 2.29. The van der Waals surface area contributed by atoms with E-state index in [-0.39, 0.29) is 36.4 Å². The number of nitrogens with zero attached hydrogens (tertiary/aromatic N) is 1. The molecule has 2 N–H and O–H groups in total. The molecule has 0 fully saturated rings. The minimum absolute atomic E-state index is 0.181. The zero-order valence-electron chi connectivity index (χ0n) is 18.9. The summed E-state index contributed by atoms with van der Waals surface area (Å²) < 4.78 is 24.1. The molecule has 1 aliphatic heterocycles. The van der Waals surface area contributed by atoms with Crippen LogP contribution in [0.3, 0.4) is 0 Å². The number of nitrogens with one attached hydrogen (secondary N) is 2. The van der Waals surface area contributed by atoms with Crippen molar-refractivity contribution in [2.45, 2.75) is 26.8 Å². The molecule has 0 aliphatic carbocycles. The molecule has 9 heteroatoms. The number of benzene rings is 2. The van der Waals surface area contributed by atoms with Crippen molar-refractivity contribution in [3.05, 3.63) is 53.8 Å². The van der Waals surface area contributed by atoms with E-state index in [1.54, 1.807) is 39.0 Å². The Balaban J connectivity index is 1.64. The Bertz CT molecular complexity index is 1010. The first-order chi connectivity index (χ1) is 15.8. The van der Waals surface area contributed by atoms with E-state index in [2.05, 4.69) is 10.6 Å². The van der Waals surface area contributed by atoms with Gasteiger partial charge in [0.05, 0.1) is 6.54 Å². The van der Waals surface area contributed by atoms with Crippen molar-refractivity contribution in [3.63, 3.8) is 0 Å². The number of anilines is 1. The molecule has 1 aliphatic rings. The van der Waals surface area contributed by atoms with Crippen molar-refractivity contribution < 1.29 is 28.2 Å². The summed E-state index contributed by atoms with van der Waals surface area (Å²) in [5.74, 6) is -0.762. The first-order valence-corrected chi connectivity index (χ1v) is 10.8. The smallest absolute Gasteiger partial charge is 0.251 e. The zero-order chi connectivity index (χ0) is 24.0. The van der Waals surface area contributed by atoms with E-state index in [0.29, 0.717) is 30.4 Å². The number of carbonyl (C=O) groups is 3. The number of hydrogen-bond donors (Lipinski definition) is 2. The fourth-order valence-corrected chi connectivity index (χ4v) is 3.38. The average molecular weight is 458 g/mol. The lowest BCUT2D eigenvalue weighted by atomic mass is 10.0. The molecule has 0 radical (unpaired) electrons. The van der Waals surface area contributed by atoms with Crippen molar-refractivity contribution in [2.75, 3.05) is 31.6 Å². The van der Waals surface area contributed by atoms with Gasteiger partial charge < -0.3 is 25.0 Å².